The summed E-state index contributed by atoms with van der Waals surface area (Å²) in [6, 6.07) is 20.1. The molecule has 0 radical (unpaired) electrons. The normalized spacial score (nSPS) is 16.3. The highest BCUT2D eigenvalue weighted by molar-refractivity contribution is 7.22. The number of fused-ring (bicyclic) bond motifs is 15. The molecule has 6 amide bonds. The average molecular weight is 1690 g/mol. The van der Waals surface area contributed by atoms with Crippen LogP contribution in [0.25, 0.3) is 97.5 Å². The lowest BCUT2D eigenvalue weighted by atomic mass is 9.89. The number of rotatable bonds is 2. The van der Waals surface area contributed by atoms with Gasteiger partial charge in [0, 0.05) is 114 Å². The lowest BCUT2D eigenvalue weighted by molar-refractivity contribution is -0.123. The third kappa shape index (κ3) is 11.9. The second-order valence-corrected chi connectivity index (χ2v) is 39.9. The maximum atomic E-state index is 13.3. The molecule has 14 heterocycles. The van der Waals surface area contributed by atoms with E-state index in [1.807, 2.05) is 98.9 Å². The molecule has 0 saturated heterocycles. The number of aryl methyl sites for hydroxylation is 16. The topological polar surface area (TPSA) is 173 Å². The molecule has 6 aliphatic heterocycles. The molecule has 0 saturated carbocycles. The second-order valence-electron chi connectivity index (χ2n) is 31.4. The van der Waals surface area contributed by atoms with E-state index in [1.165, 1.54) is 118 Å². The fourth-order valence-electron chi connectivity index (χ4n) is 17.1. The van der Waals surface area contributed by atoms with Crippen LogP contribution in [0, 0.1) is 138 Å². The summed E-state index contributed by atoms with van der Waals surface area (Å²) in [7, 11) is 10.6. The highest BCUT2D eigenvalue weighted by atomic mass is 32.1. The standard InChI is InChI=1S/C22H24N2O2S2.C22H24S2.C20H18N2O2.C16H14N2O2S2.C12H8N4S2/c1-9-11(3)19(27-13(9)5)17-15-16(22(26)23(17)7)18(24(8)21(15)25)20-12(4)10(2)14(6)28-20;1-9-11(3)19-20(21-17(9)13(5)15(7)23-21)12(4)10(2)18-14(6)16(8)24-22(18)19;1-11-5-7-13-15(9-11)21(3)19(23)17(13)18-14-8-6-12(2)10-16(14)22(4)20(18)24;1-7-5-9-13(21-7)11(15(19)17(9)3)12-14-10(6-8(2)22-14)18(4)16(12)20;1-5-3-7-8(11-9(5)13-17-15-11)4-6(2)10-12(7)16-18-14-10/h1-8H3;1-8H3;5-10H,1-4H3;5-6H,1-4H3;3-4H,1-2H3/b;;18-17+;12-11+;. The molecule has 6 aliphatic rings. The first-order valence-corrected chi connectivity index (χ1v) is 44.6. The third-order valence-corrected chi connectivity index (χ3v) is 32.8. The molecule has 0 spiro atoms. The van der Waals surface area contributed by atoms with E-state index in [0.29, 0.717) is 33.4 Å². The quantitative estimate of drug-likeness (QED) is 0.152. The summed E-state index contributed by atoms with van der Waals surface area (Å²) in [4.78, 5) is 99.2. The van der Waals surface area contributed by atoms with Gasteiger partial charge in [-0.15, -0.1) is 68.0 Å². The van der Waals surface area contributed by atoms with Gasteiger partial charge in [0.15, 0.2) is 0 Å². The molecule has 590 valence electrons. The van der Waals surface area contributed by atoms with E-state index in [2.05, 4.69) is 140 Å². The number of nitrogens with zero attached hydrogens (tertiary/aromatic N) is 10. The second kappa shape index (κ2) is 29.0. The maximum absolute atomic E-state index is 13.3. The van der Waals surface area contributed by atoms with Gasteiger partial charge in [-0.1, -0.05) is 24.3 Å². The molecule has 14 aromatic rings. The first-order chi connectivity index (χ1) is 54.9. The fraction of sp³-hybridized carbons (Fsp3) is 0.283. The van der Waals surface area contributed by atoms with Crippen LogP contribution in [0.3, 0.4) is 0 Å². The van der Waals surface area contributed by atoms with E-state index in [0.717, 1.165) is 141 Å². The van der Waals surface area contributed by atoms with Gasteiger partial charge < -0.3 is 29.4 Å². The summed E-state index contributed by atoms with van der Waals surface area (Å²) < 4.78 is 20.6. The lowest BCUT2D eigenvalue weighted by Gasteiger charge is -2.19. The van der Waals surface area contributed by atoms with Gasteiger partial charge in [0.25, 0.3) is 35.4 Å². The van der Waals surface area contributed by atoms with Crippen molar-refractivity contribution in [2.75, 3.05) is 61.9 Å². The molecule has 116 heavy (non-hydrogen) atoms. The number of hydrogen-bond donors (Lipinski definition) is 0. The number of aromatic nitrogens is 4. The zero-order valence-electron chi connectivity index (χ0n) is 70.0. The third-order valence-electron chi connectivity index (χ3n) is 24.6. The Morgan fingerprint density at radius 1 is 0.267 bits per heavy atom. The highest BCUT2D eigenvalue weighted by Crippen LogP contribution is 2.55. The van der Waals surface area contributed by atoms with Crippen molar-refractivity contribution in [3.8, 4) is 0 Å². The number of benzene rings is 6. The monoisotopic (exact) mass is 1680 g/mol. The molecule has 16 nitrogen and oxygen atoms in total. The van der Waals surface area contributed by atoms with Crippen LogP contribution in [0.1, 0.15) is 138 Å². The number of hydrogen-bond acceptors (Lipinski definition) is 18. The van der Waals surface area contributed by atoms with Crippen LogP contribution in [0.2, 0.25) is 0 Å². The van der Waals surface area contributed by atoms with Gasteiger partial charge >= 0.3 is 0 Å². The molecule has 6 aromatic carbocycles. The van der Waals surface area contributed by atoms with Crippen LogP contribution in [0.5, 0.6) is 0 Å². The summed E-state index contributed by atoms with van der Waals surface area (Å²) in [5.74, 6) is -0.608. The Morgan fingerprint density at radius 3 is 0.922 bits per heavy atom. The zero-order valence-corrected chi connectivity index (χ0v) is 76.5. The van der Waals surface area contributed by atoms with Crippen molar-refractivity contribution in [2.45, 2.75) is 138 Å². The number of carbonyl (C=O) groups is 6. The smallest absolute Gasteiger partial charge is 0.261 e. The molecule has 0 unspecified atom stereocenters. The summed E-state index contributed by atoms with van der Waals surface area (Å²) in [6.07, 6.45) is 0. The van der Waals surface area contributed by atoms with Gasteiger partial charge in [-0.05, 0) is 264 Å². The van der Waals surface area contributed by atoms with Crippen LogP contribution < -0.4 is 19.6 Å². The van der Waals surface area contributed by atoms with Crippen molar-refractivity contribution in [2.24, 2.45) is 0 Å². The first-order valence-electron chi connectivity index (χ1n) is 38.2. The molecule has 24 heteroatoms. The number of carbonyl (C=O) groups excluding carboxylic acids is 6. The minimum Gasteiger partial charge on any atom is -0.311 e. The molecular weight excluding hydrogens is 1600 g/mol. The Kier molecular flexibility index (Phi) is 19.9. The van der Waals surface area contributed by atoms with Crippen molar-refractivity contribution in [1.82, 2.24) is 27.3 Å². The largest absolute Gasteiger partial charge is 0.311 e. The van der Waals surface area contributed by atoms with E-state index in [9.17, 15) is 28.8 Å². The van der Waals surface area contributed by atoms with Crippen LogP contribution in [-0.4, -0.2) is 105 Å². The van der Waals surface area contributed by atoms with Gasteiger partial charge in [-0.2, -0.15) is 17.5 Å². The molecule has 0 N–H and O–H groups in total. The maximum Gasteiger partial charge on any atom is 0.261 e. The predicted octanol–water partition coefficient (Wildman–Crippen LogP) is 22.4. The molecular formula is C92H88N10O6S8. The van der Waals surface area contributed by atoms with Crippen molar-refractivity contribution in [3.63, 3.8) is 0 Å². The van der Waals surface area contributed by atoms with Gasteiger partial charge in [0.2, 0.25) is 0 Å². The molecule has 20 rings (SSSR count). The lowest BCUT2D eigenvalue weighted by Crippen LogP contribution is -2.25. The van der Waals surface area contributed by atoms with E-state index in [4.69, 9.17) is 0 Å². The molecule has 0 fully saturated rings. The van der Waals surface area contributed by atoms with E-state index in [-0.39, 0.29) is 35.4 Å². The van der Waals surface area contributed by atoms with E-state index in [1.54, 1.807) is 117 Å². The summed E-state index contributed by atoms with van der Waals surface area (Å²) >= 11 is 13.0. The van der Waals surface area contributed by atoms with Gasteiger partial charge in [0.1, 0.15) is 22.1 Å². The average Bonchev–Trinajstić information content (AvgIpc) is 1.52. The van der Waals surface area contributed by atoms with Crippen LogP contribution in [0.15, 0.2) is 71.8 Å². The number of anilines is 4. The molecule has 0 aliphatic carbocycles. The zero-order chi connectivity index (χ0) is 83.4. The van der Waals surface area contributed by atoms with Crippen LogP contribution in [-0.2, 0) is 28.8 Å². The number of likely N-dealkylation sites (N-methyl/N-ethyl adjacent to an activating group) is 6. The number of thiophene rings is 6. The summed E-state index contributed by atoms with van der Waals surface area (Å²) in [6.45, 7) is 43.0. The molecule has 0 bridgehead atoms. The predicted molar refractivity (Wildman–Crippen MR) is 492 cm³/mol. The Labute approximate surface area is 707 Å². The van der Waals surface area contributed by atoms with Crippen LogP contribution in [0.4, 0.5) is 22.7 Å². The van der Waals surface area contributed by atoms with Crippen molar-refractivity contribution >= 4 is 247 Å². The van der Waals surface area contributed by atoms with E-state index < -0.39 is 0 Å². The van der Waals surface area contributed by atoms with Crippen molar-refractivity contribution in [1.29, 1.82) is 0 Å². The van der Waals surface area contributed by atoms with Crippen molar-refractivity contribution in [3.05, 3.63) is 210 Å². The van der Waals surface area contributed by atoms with E-state index >= 15 is 0 Å². The van der Waals surface area contributed by atoms with Gasteiger partial charge in [-0.3, -0.25) is 28.8 Å². The van der Waals surface area contributed by atoms with Crippen molar-refractivity contribution < 1.29 is 28.8 Å². The molecule has 8 aromatic heterocycles. The number of amides is 6. The Morgan fingerprint density at radius 2 is 0.578 bits per heavy atom. The molecule has 0 atom stereocenters. The fourth-order valence-corrected chi connectivity index (χ4v) is 25.7. The Balaban J connectivity index is 0.000000109. The minimum atomic E-state index is -0.124. The summed E-state index contributed by atoms with van der Waals surface area (Å²) in [5.41, 5.74) is 31.9. The minimum absolute atomic E-state index is 0.0862. The summed E-state index contributed by atoms with van der Waals surface area (Å²) in [5, 5.41) is 8.24. The van der Waals surface area contributed by atoms with Gasteiger partial charge in [0.05, 0.1) is 111 Å². The Bertz CT molecular complexity index is 6570. The SMILES string of the molecule is Cc1cc2c(cc(C)c3nsnc32)c2nsnc12.Cc1cc2c(s1)/C(=C1\C(=O)N(C)c3cc(C)sc31)C(=O)N2C.Cc1ccc2c(c1)N(C)C(=O)/C2=C1/C(=O)N(C)c2cc(C)ccc21.Cc1sc(C2=C3C(=O)N(C)C(c4sc(C)c(C)c4C)=C3C(=O)N2C)c(C)c1C.Cc1sc2c(c1C)c(C)c(C)c1c3sc(C)c(C)c3c(C)c(C)c21. The Hall–Kier alpha value is -10.0. The van der Waals surface area contributed by atoms with Crippen LogP contribution >= 0.6 is 91.5 Å². The first kappa shape index (κ1) is 79.8. The van der Waals surface area contributed by atoms with Gasteiger partial charge in [-0.25, -0.2) is 0 Å². The highest BCUT2D eigenvalue weighted by Gasteiger charge is 2.49.